The van der Waals surface area contributed by atoms with Crippen molar-refractivity contribution in [2.24, 2.45) is 0 Å². The zero-order valence-corrected chi connectivity index (χ0v) is 18.2. The first kappa shape index (κ1) is 18.2. The molecule has 1 atom stereocenters. The zero-order chi connectivity index (χ0) is 25.4. The fourth-order valence-electron chi connectivity index (χ4n) is 4.33. The maximum Gasteiger partial charge on any atom is 0.255 e. The van der Waals surface area contributed by atoms with Crippen LogP contribution in [-0.4, -0.2) is 59.9 Å². The minimum atomic E-state index is -2.27. The largest absolute Gasteiger partial charge is 0.489 e. The number of carbonyl (C=O) groups is 3. The Balaban J connectivity index is 1.28. The lowest BCUT2D eigenvalue weighted by molar-refractivity contribution is -0.136. The van der Waals surface area contributed by atoms with Gasteiger partial charge in [-0.2, -0.15) is 0 Å². The molecule has 0 radical (unpaired) electrons. The average molecular weight is 453 g/mol. The number of piperidine rings is 1. The van der Waals surface area contributed by atoms with Gasteiger partial charge in [-0.1, -0.05) is 30.3 Å². The molecule has 172 valence electrons. The van der Waals surface area contributed by atoms with Crippen LogP contribution in [0.3, 0.4) is 0 Å². The third-order valence-electron chi connectivity index (χ3n) is 6.11. The van der Waals surface area contributed by atoms with Gasteiger partial charge in [0.05, 0.1) is 19.8 Å². The van der Waals surface area contributed by atoms with E-state index in [1.165, 1.54) is 5.56 Å². The zero-order valence-electron chi connectivity index (χ0n) is 21.2. The summed E-state index contributed by atoms with van der Waals surface area (Å²) >= 11 is 0. The van der Waals surface area contributed by atoms with E-state index < -0.39 is 36.6 Å². The van der Waals surface area contributed by atoms with Crippen LogP contribution >= 0.6 is 0 Å². The van der Waals surface area contributed by atoms with Crippen molar-refractivity contribution in [3.05, 3.63) is 64.7 Å². The molecule has 3 heterocycles. The maximum atomic E-state index is 13.1. The molecule has 1 unspecified atom stereocenters. The number of benzene rings is 2. The summed E-state index contributed by atoms with van der Waals surface area (Å²) in [7, 11) is 0. The van der Waals surface area contributed by atoms with Crippen molar-refractivity contribution < 1.29 is 28.0 Å². The number of rotatable bonds is 6. The minimum absolute atomic E-state index is 0.0409. The summed E-state index contributed by atoms with van der Waals surface area (Å²) in [5.41, 5.74) is 3.05. The summed E-state index contributed by atoms with van der Waals surface area (Å²) < 4.78 is 35.5. The molecule has 2 saturated heterocycles. The first-order valence-corrected chi connectivity index (χ1v) is 11.0. The van der Waals surface area contributed by atoms with Gasteiger partial charge >= 0.3 is 0 Å². The van der Waals surface area contributed by atoms with E-state index in [0.717, 1.165) is 43.3 Å². The standard InChI is InChI=1S/C25H27N3O5/c29-23-9-8-21(24(30)26-23)28-15-20-19(25(28)31)2-1-3-22(20)33-16-18-6-4-17(5-7-18)14-27-10-12-32-13-11-27/h1-7,21H,8-16H2,(H,26,29,30)/i8D2/hD. The Morgan fingerprint density at radius 3 is 2.64 bits per heavy atom. The van der Waals surface area contributed by atoms with Gasteiger partial charge in [-0.15, -0.1) is 0 Å². The van der Waals surface area contributed by atoms with Crippen molar-refractivity contribution in [3.8, 4) is 5.75 Å². The Kier molecular flexibility index (Phi) is 5.15. The molecule has 2 aromatic carbocycles. The summed E-state index contributed by atoms with van der Waals surface area (Å²) in [6.07, 6.45) is -2.91. The number of hydrogen-bond donors (Lipinski definition) is 1. The Labute approximate surface area is 196 Å². The molecule has 8 heteroatoms. The molecule has 3 aliphatic rings. The molecule has 33 heavy (non-hydrogen) atoms. The SMILES string of the molecule is [2H]N1C(=O)CC([2H])([2H])C(N2Cc3c(OCc4ccc(CN5CCOCC5)cc4)cccc3C2=O)C1=O. The number of carbonyl (C=O) groups excluding carboxylic acids is 3. The van der Waals surface area contributed by atoms with Crippen molar-refractivity contribution >= 4 is 17.7 Å². The molecule has 2 fully saturated rings. The summed E-state index contributed by atoms with van der Waals surface area (Å²) in [6.45, 7) is 4.46. The van der Waals surface area contributed by atoms with Crippen LogP contribution in [0.5, 0.6) is 5.75 Å². The number of nitrogens with one attached hydrogen (secondary N) is 1. The molecule has 5 rings (SSSR count). The van der Waals surface area contributed by atoms with Crippen molar-refractivity contribution in [3.63, 3.8) is 0 Å². The Bertz CT molecular complexity index is 1180. The van der Waals surface area contributed by atoms with Crippen LogP contribution in [0.15, 0.2) is 42.5 Å². The summed E-state index contributed by atoms with van der Waals surface area (Å²) in [5, 5.41) is 0.155. The van der Waals surface area contributed by atoms with E-state index in [1.54, 1.807) is 18.2 Å². The summed E-state index contributed by atoms with van der Waals surface area (Å²) in [4.78, 5) is 41.0. The molecule has 0 aromatic heterocycles. The first-order chi connectivity index (χ1) is 17.2. The Morgan fingerprint density at radius 1 is 1.09 bits per heavy atom. The maximum absolute atomic E-state index is 13.1. The van der Waals surface area contributed by atoms with Crippen molar-refractivity contribution in [2.75, 3.05) is 26.3 Å². The van der Waals surface area contributed by atoms with E-state index in [4.69, 9.17) is 13.6 Å². The van der Waals surface area contributed by atoms with Crippen LogP contribution in [0.2, 0.25) is 1.41 Å². The lowest BCUT2D eigenvalue weighted by Crippen LogP contribution is -2.52. The molecular formula is C25H27N3O5. The minimum Gasteiger partial charge on any atom is -0.489 e. The first-order valence-electron chi connectivity index (χ1n) is 12.5. The molecule has 3 aliphatic heterocycles. The third-order valence-corrected chi connectivity index (χ3v) is 6.11. The van der Waals surface area contributed by atoms with Gasteiger partial charge in [0.2, 0.25) is 11.8 Å². The topological polar surface area (TPSA) is 88.2 Å². The van der Waals surface area contributed by atoms with Crippen LogP contribution in [0.4, 0.5) is 0 Å². The van der Waals surface area contributed by atoms with Crippen LogP contribution in [0, 0.1) is 0 Å². The second-order valence-electron chi connectivity index (χ2n) is 8.34. The second kappa shape index (κ2) is 9.33. The predicted octanol–water partition coefficient (Wildman–Crippen LogP) is 1.86. The fraction of sp³-hybridized carbons (Fsp3) is 0.400. The van der Waals surface area contributed by atoms with Crippen LogP contribution in [0.1, 0.15) is 42.6 Å². The average Bonchev–Trinajstić information content (AvgIpc) is 3.19. The number of nitrogens with zero attached hydrogens (tertiary/aromatic N) is 2. The molecular weight excluding hydrogens is 422 g/mol. The summed E-state index contributed by atoms with van der Waals surface area (Å²) in [5.74, 6) is -2.02. The van der Waals surface area contributed by atoms with E-state index in [1.807, 2.05) is 12.1 Å². The highest BCUT2D eigenvalue weighted by Crippen LogP contribution is 2.34. The van der Waals surface area contributed by atoms with E-state index in [9.17, 15) is 14.4 Å². The van der Waals surface area contributed by atoms with Crippen molar-refractivity contribution in [1.29, 1.82) is 0 Å². The lowest BCUT2D eigenvalue weighted by atomic mass is 10.0. The number of ether oxygens (including phenoxy) is 2. The molecule has 0 aliphatic carbocycles. The van der Waals surface area contributed by atoms with Gasteiger partial charge in [0.1, 0.15) is 18.4 Å². The number of morpholine rings is 1. The number of fused-ring (bicyclic) bond motifs is 1. The highest BCUT2D eigenvalue weighted by molar-refractivity contribution is 6.05. The predicted molar refractivity (Wildman–Crippen MR) is 119 cm³/mol. The third kappa shape index (κ3) is 4.62. The van der Waals surface area contributed by atoms with Crippen molar-refractivity contribution in [1.82, 2.24) is 15.1 Å². The highest BCUT2D eigenvalue weighted by atomic mass is 16.5. The van der Waals surface area contributed by atoms with E-state index >= 15 is 0 Å². The lowest BCUT2D eigenvalue weighted by Gasteiger charge is -2.29. The smallest absolute Gasteiger partial charge is 0.255 e. The van der Waals surface area contributed by atoms with E-state index in [2.05, 4.69) is 17.0 Å². The quantitative estimate of drug-likeness (QED) is 0.674. The normalized spacial score (nSPS) is 24.3. The van der Waals surface area contributed by atoms with E-state index in [-0.39, 0.29) is 18.5 Å². The highest BCUT2D eigenvalue weighted by Gasteiger charge is 2.40. The molecule has 8 nitrogen and oxygen atoms in total. The van der Waals surface area contributed by atoms with Gasteiger partial charge in [-0.25, -0.2) is 0 Å². The molecule has 1 N–H and O–H groups in total. The molecule has 2 aromatic rings. The van der Waals surface area contributed by atoms with Crippen molar-refractivity contribution in [2.45, 2.75) is 38.5 Å². The number of hydrogen-bond acceptors (Lipinski definition) is 6. The van der Waals surface area contributed by atoms with Crippen LogP contribution in [0.25, 0.3) is 0 Å². The van der Waals surface area contributed by atoms with Gasteiger partial charge in [0, 0.05) is 39.9 Å². The van der Waals surface area contributed by atoms with Gasteiger partial charge in [0.25, 0.3) is 5.91 Å². The monoisotopic (exact) mass is 452 g/mol. The van der Waals surface area contributed by atoms with E-state index in [0.29, 0.717) is 16.9 Å². The number of imide groups is 1. The van der Waals surface area contributed by atoms with Crippen LogP contribution in [-0.2, 0) is 34.0 Å². The Morgan fingerprint density at radius 2 is 1.85 bits per heavy atom. The van der Waals surface area contributed by atoms with Gasteiger partial charge in [-0.05, 0) is 29.6 Å². The fourth-order valence-corrected chi connectivity index (χ4v) is 4.33. The van der Waals surface area contributed by atoms with Gasteiger partial charge < -0.3 is 14.4 Å². The molecule has 0 bridgehead atoms. The molecule has 0 saturated carbocycles. The summed E-state index contributed by atoms with van der Waals surface area (Å²) in [6, 6.07) is 11.6. The molecule has 3 amide bonds. The Hall–Kier alpha value is -3.23. The molecule has 0 spiro atoms. The van der Waals surface area contributed by atoms with Gasteiger partial charge in [0.15, 0.2) is 1.41 Å². The second-order valence-corrected chi connectivity index (χ2v) is 8.34. The van der Waals surface area contributed by atoms with Crippen LogP contribution < -0.4 is 10.0 Å². The van der Waals surface area contributed by atoms with Gasteiger partial charge in [-0.3, -0.25) is 24.6 Å². The number of amides is 3.